The van der Waals surface area contributed by atoms with E-state index in [0.29, 0.717) is 12.1 Å². The van der Waals surface area contributed by atoms with E-state index < -0.39 is 11.7 Å². The lowest BCUT2D eigenvalue weighted by molar-refractivity contribution is -0.391. The van der Waals surface area contributed by atoms with Crippen LogP contribution in [0.15, 0.2) is 30.5 Å². The van der Waals surface area contributed by atoms with Crippen molar-refractivity contribution in [1.82, 2.24) is 5.32 Å². The van der Waals surface area contributed by atoms with Gasteiger partial charge in [0.1, 0.15) is 5.56 Å². The number of halogens is 1. The summed E-state index contributed by atoms with van der Waals surface area (Å²) in [6, 6.07) is 6.15. The molecule has 27 heavy (non-hydrogen) atoms. The van der Waals surface area contributed by atoms with Gasteiger partial charge < -0.3 is 20.5 Å². The van der Waals surface area contributed by atoms with E-state index in [1.54, 1.807) is 6.07 Å². The lowest BCUT2D eigenvalue weighted by Crippen LogP contribution is -2.20. The lowest BCUT2D eigenvalue weighted by atomic mass is 9.92. The molecule has 0 atom stereocenters. The van der Waals surface area contributed by atoms with Crippen molar-refractivity contribution >= 4 is 5.91 Å². The Kier molecular flexibility index (Phi) is 6.74. The first-order chi connectivity index (χ1) is 12.7. The number of benzene rings is 1. The van der Waals surface area contributed by atoms with Crippen LogP contribution in [0.1, 0.15) is 43.1 Å². The Hall–Kier alpha value is -2.67. The minimum atomic E-state index is -0.565. The number of aromatic amines is 1. The van der Waals surface area contributed by atoms with Gasteiger partial charge in [0, 0.05) is 6.54 Å². The normalized spacial score (nSPS) is 11.3. The molecule has 0 saturated heterocycles. The molecule has 7 heteroatoms. The number of H-pyrrole nitrogens is 1. The largest absolute Gasteiger partial charge is 0.493 e. The van der Waals surface area contributed by atoms with Crippen molar-refractivity contribution in [2.45, 2.75) is 33.7 Å². The third-order valence-electron chi connectivity index (χ3n) is 3.95. The number of primary amides is 1. The molecule has 146 valence electrons. The average molecular weight is 376 g/mol. The fourth-order valence-corrected chi connectivity index (χ4v) is 2.41. The zero-order valence-electron chi connectivity index (χ0n) is 16.2. The average Bonchev–Trinajstić information content (AvgIpc) is 2.60. The number of carbonyl (C=O) groups excluding carboxylic acids is 1. The van der Waals surface area contributed by atoms with Crippen LogP contribution in [0.5, 0.6) is 17.4 Å². The maximum Gasteiger partial charge on any atom is 0.371 e. The van der Waals surface area contributed by atoms with Gasteiger partial charge >= 0.3 is 5.88 Å². The van der Waals surface area contributed by atoms with E-state index in [4.69, 9.17) is 15.2 Å². The van der Waals surface area contributed by atoms with Crippen molar-refractivity contribution in [3.63, 3.8) is 0 Å². The van der Waals surface area contributed by atoms with Gasteiger partial charge in [0.05, 0.1) is 13.2 Å². The highest BCUT2D eigenvalue weighted by Crippen LogP contribution is 2.34. The number of nitrogens with two attached hydrogens (primary N) is 1. The van der Waals surface area contributed by atoms with Crippen LogP contribution in [-0.4, -0.2) is 19.6 Å². The summed E-state index contributed by atoms with van der Waals surface area (Å²) in [5, 5.41) is 3.31. The van der Waals surface area contributed by atoms with Gasteiger partial charge in [0.2, 0.25) is 5.75 Å². The van der Waals surface area contributed by atoms with Gasteiger partial charge in [-0.1, -0.05) is 20.8 Å². The van der Waals surface area contributed by atoms with Crippen LogP contribution >= 0.6 is 0 Å². The van der Waals surface area contributed by atoms with Crippen molar-refractivity contribution in [3.8, 4) is 17.4 Å². The number of rotatable bonds is 8. The molecule has 0 aliphatic rings. The Morgan fingerprint density at radius 2 is 2.04 bits per heavy atom. The van der Waals surface area contributed by atoms with Crippen LogP contribution in [0, 0.1) is 11.2 Å². The van der Waals surface area contributed by atoms with E-state index in [1.807, 2.05) is 0 Å². The van der Waals surface area contributed by atoms with Crippen molar-refractivity contribution in [2.75, 3.05) is 13.7 Å². The Balaban J connectivity index is 2.10. The van der Waals surface area contributed by atoms with E-state index >= 15 is 0 Å². The van der Waals surface area contributed by atoms with Gasteiger partial charge in [-0.05, 0) is 42.1 Å². The summed E-state index contributed by atoms with van der Waals surface area (Å²) >= 11 is 0. The summed E-state index contributed by atoms with van der Waals surface area (Å²) in [4.78, 5) is 13.9. The molecule has 0 aliphatic carbocycles. The number of pyridine rings is 1. The van der Waals surface area contributed by atoms with Crippen LogP contribution in [0.25, 0.3) is 0 Å². The topological polar surface area (TPSA) is 87.7 Å². The first kappa shape index (κ1) is 20.6. The number of nitrogens with one attached hydrogen (secondary N) is 2. The monoisotopic (exact) mass is 376 g/mol. The quantitative estimate of drug-likeness (QED) is 0.693. The zero-order valence-corrected chi connectivity index (χ0v) is 16.2. The van der Waals surface area contributed by atoms with Gasteiger partial charge in [0.15, 0.2) is 17.8 Å². The first-order valence-electron chi connectivity index (χ1n) is 8.76. The molecule has 0 aliphatic heterocycles. The highest BCUT2D eigenvalue weighted by molar-refractivity contribution is 5.92. The molecule has 1 amide bonds. The molecule has 1 aromatic heterocycles. The van der Waals surface area contributed by atoms with E-state index in [1.165, 1.54) is 31.5 Å². The number of carbonyl (C=O) groups is 1. The third-order valence-corrected chi connectivity index (χ3v) is 3.95. The van der Waals surface area contributed by atoms with E-state index in [9.17, 15) is 9.18 Å². The molecule has 0 spiro atoms. The number of amides is 1. The molecule has 2 aromatic rings. The van der Waals surface area contributed by atoms with Crippen LogP contribution in [0.4, 0.5) is 4.39 Å². The van der Waals surface area contributed by atoms with Crippen molar-refractivity contribution in [3.05, 3.63) is 47.4 Å². The van der Waals surface area contributed by atoms with Gasteiger partial charge in [-0.3, -0.25) is 4.79 Å². The van der Waals surface area contributed by atoms with Crippen molar-refractivity contribution in [2.24, 2.45) is 11.1 Å². The number of methoxy groups -OCH3 is 1. The number of ether oxygens (including phenoxy) is 2. The van der Waals surface area contributed by atoms with Gasteiger partial charge in [0.25, 0.3) is 5.91 Å². The molecule has 0 fully saturated rings. The molecule has 0 bridgehead atoms. The fourth-order valence-electron chi connectivity index (χ4n) is 2.41. The molecule has 0 saturated carbocycles. The minimum Gasteiger partial charge on any atom is -0.493 e. The number of hydrogen-bond donors (Lipinski definition) is 2. The van der Waals surface area contributed by atoms with E-state index in [2.05, 4.69) is 31.1 Å². The minimum absolute atomic E-state index is 0.0287. The second-order valence-electron chi connectivity index (χ2n) is 7.50. The molecule has 0 unspecified atom stereocenters. The van der Waals surface area contributed by atoms with Crippen molar-refractivity contribution in [1.29, 1.82) is 0 Å². The van der Waals surface area contributed by atoms with Crippen LogP contribution in [0.2, 0.25) is 0 Å². The number of aromatic nitrogens is 1. The standard InChI is InChI=1S/C20H26FN3O3/c1-20(2,3)7-8-23-11-13-9-15(21)18(16(10-13)26-4)27-17-6-5-14(12-24-17)19(22)25/h5-6,9-10,12,23H,7-8,11H2,1-4H3,(H2,22,25)/p+1. The SMILES string of the molecule is COc1cc(CNCCC(C)(C)C)cc(F)c1Oc1ccc(C(N)=O)c[nH+]1. The Labute approximate surface area is 158 Å². The van der Waals surface area contributed by atoms with Gasteiger partial charge in [-0.2, -0.15) is 4.98 Å². The maximum absolute atomic E-state index is 14.6. The van der Waals surface area contributed by atoms with Crippen LogP contribution in [0.3, 0.4) is 0 Å². The lowest BCUT2D eigenvalue weighted by Gasteiger charge is -2.18. The summed E-state index contributed by atoms with van der Waals surface area (Å²) in [6.07, 6.45) is 2.42. The summed E-state index contributed by atoms with van der Waals surface area (Å²) in [7, 11) is 1.46. The summed E-state index contributed by atoms with van der Waals surface area (Å²) < 4.78 is 25.4. The Morgan fingerprint density at radius 1 is 1.30 bits per heavy atom. The predicted octanol–water partition coefficient (Wildman–Crippen LogP) is 3.07. The molecule has 6 nitrogen and oxygen atoms in total. The second-order valence-corrected chi connectivity index (χ2v) is 7.50. The molecule has 1 heterocycles. The molecule has 4 N–H and O–H groups in total. The highest BCUT2D eigenvalue weighted by atomic mass is 19.1. The highest BCUT2D eigenvalue weighted by Gasteiger charge is 2.18. The zero-order chi connectivity index (χ0) is 20.0. The second kappa shape index (κ2) is 8.81. The van der Waals surface area contributed by atoms with Gasteiger partial charge in [-0.15, -0.1) is 0 Å². The molecule has 0 radical (unpaired) electrons. The first-order valence-corrected chi connectivity index (χ1v) is 8.76. The summed E-state index contributed by atoms with van der Waals surface area (Å²) in [5.41, 5.74) is 6.50. The van der Waals surface area contributed by atoms with Crippen LogP contribution < -0.4 is 25.5 Å². The van der Waals surface area contributed by atoms with Crippen LogP contribution in [-0.2, 0) is 6.54 Å². The van der Waals surface area contributed by atoms with E-state index in [0.717, 1.165) is 18.5 Å². The Bertz CT molecular complexity index is 786. The van der Waals surface area contributed by atoms with Crippen molar-refractivity contribution < 1.29 is 23.6 Å². The molecule has 1 aromatic carbocycles. The molecular formula is C20H27FN3O3+. The fraction of sp³-hybridized carbons (Fsp3) is 0.400. The third kappa shape index (κ3) is 6.21. The number of hydrogen-bond acceptors (Lipinski definition) is 4. The molecule has 2 rings (SSSR count). The van der Waals surface area contributed by atoms with Gasteiger partial charge in [-0.25, -0.2) is 4.39 Å². The smallest absolute Gasteiger partial charge is 0.371 e. The summed E-state index contributed by atoms with van der Waals surface area (Å²) in [6.45, 7) is 7.90. The predicted molar refractivity (Wildman–Crippen MR) is 100 cm³/mol. The molecular weight excluding hydrogens is 349 g/mol. The maximum atomic E-state index is 14.6. The van der Waals surface area contributed by atoms with E-state index in [-0.39, 0.29) is 22.8 Å². The summed E-state index contributed by atoms with van der Waals surface area (Å²) in [5.74, 6) is -0.582. The Morgan fingerprint density at radius 3 is 2.59 bits per heavy atom.